The number of fused-ring (bicyclic) bond motifs is 3. The van der Waals surface area contributed by atoms with E-state index in [2.05, 4.69) is 69.5 Å². The monoisotopic (exact) mass is 1400 g/mol. The lowest BCUT2D eigenvalue weighted by atomic mass is 9.97. The number of carboxylic acids is 1. The van der Waals surface area contributed by atoms with E-state index in [0.29, 0.717) is 67.3 Å². The molecular formula is C82H90N12O10. The fourth-order valence-corrected chi connectivity index (χ4v) is 12.4. The zero-order chi connectivity index (χ0) is 73.9. The summed E-state index contributed by atoms with van der Waals surface area (Å²) >= 11 is 0. The van der Waals surface area contributed by atoms with Crippen LogP contribution in [0.25, 0.3) is 54.8 Å². The highest BCUT2D eigenvalue weighted by Crippen LogP contribution is 2.32. The van der Waals surface area contributed by atoms with E-state index >= 15 is 0 Å². The minimum atomic E-state index is -0.922. The molecule has 0 aliphatic carbocycles. The number of rotatable bonds is 13. The van der Waals surface area contributed by atoms with Crippen LogP contribution in [0.2, 0.25) is 0 Å². The number of nitrogens with two attached hydrogens (primary N) is 1. The van der Waals surface area contributed by atoms with Crippen molar-refractivity contribution in [2.45, 2.75) is 92.0 Å². The highest BCUT2D eigenvalue weighted by Gasteiger charge is 2.29. The Labute approximate surface area is 606 Å². The van der Waals surface area contributed by atoms with E-state index < -0.39 is 28.9 Å². The number of piperazine rings is 3. The molecule has 6 aromatic carbocycles. The van der Waals surface area contributed by atoms with Gasteiger partial charge in [0.05, 0.1) is 16.6 Å². The Hall–Kier alpha value is -11.5. The molecule has 0 radical (unpaired) electrons. The SMILES string of the molecule is CC(C)(C)OC(=O)N1CCN(c2ccc3cc(C(=O)O)ccc3c2)CC1.CC(C)(C)OC(=O)Nc1ccc(-c2ccncc2)cc1CC(=O)c1cnc2cc(N3CCN(C(=O)OC(C)(C)C)CC3)ccc2c1.Nc1ccc(-c2ccncc2)cc1CC(=O)c1cnc2cc(N3CCNCC3)ccc2c1. The topological polar surface area (TPSA) is 268 Å². The summed E-state index contributed by atoms with van der Waals surface area (Å²) in [4.78, 5) is 103. The lowest BCUT2D eigenvalue weighted by Crippen LogP contribution is -2.50. The number of nitrogens with one attached hydrogen (secondary N) is 2. The number of carboxylic acid groups (broad SMARTS) is 1. The van der Waals surface area contributed by atoms with E-state index in [0.717, 1.165) is 111 Å². The minimum absolute atomic E-state index is 0.00385. The standard InChI is InChI=1S/C36H41N5O5.C26H25N5O.C20H24N2O4/c1-35(2,3)45-33(43)39-30-10-8-25(24-11-13-37-14-12-24)19-27(30)21-32(42)28-20-26-7-9-29(22-31(26)38-23-28)40-15-17-41(18-16-40)34(44)46-36(4,5)6;27-24-4-2-19(18-5-7-28-8-6-18)13-21(24)15-26(32)22-14-20-1-3-23(16-25(20)30-17-22)31-11-9-29-10-12-31;1-20(2,3)26-19(25)22-10-8-21(9-11-22)17-7-6-14-12-16(18(23)24)5-4-15(14)13-17/h7-14,19-20,22-23H,15-18,21H2,1-6H3,(H,39,43);1-8,13-14,16-17,29H,9-12,15,27H2;4-7,12-13H,8-11H2,1-3H3,(H,23,24). The number of pyridine rings is 4. The first-order valence-electron chi connectivity index (χ1n) is 35.0. The first-order chi connectivity index (χ1) is 49.6. The lowest BCUT2D eigenvalue weighted by Gasteiger charge is -2.36. The van der Waals surface area contributed by atoms with Crippen LogP contribution in [-0.4, -0.2) is 166 Å². The average Bonchev–Trinajstić information content (AvgIpc) is 0.805. The summed E-state index contributed by atoms with van der Waals surface area (Å²) in [6, 6.07) is 46.2. The number of amides is 3. The minimum Gasteiger partial charge on any atom is -0.478 e. The summed E-state index contributed by atoms with van der Waals surface area (Å²) in [6.45, 7) is 25.8. The first-order valence-corrected chi connectivity index (χ1v) is 35.0. The van der Waals surface area contributed by atoms with Crippen LogP contribution in [-0.2, 0) is 27.1 Å². The van der Waals surface area contributed by atoms with Gasteiger partial charge in [0, 0.05) is 179 Å². The molecule has 22 heteroatoms. The number of ketones is 2. The molecule has 7 heterocycles. The van der Waals surface area contributed by atoms with Gasteiger partial charge in [-0.3, -0.25) is 34.8 Å². The number of carbonyl (C=O) groups excluding carboxylic acids is 5. The Morgan fingerprint density at radius 3 is 1.34 bits per heavy atom. The molecule has 0 unspecified atom stereocenters. The van der Waals surface area contributed by atoms with Gasteiger partial charge in [0.25, 0.3) is 0 Å². The molecule has 10 aromatic rings. The summed E-state index contributed by atoms with van der Waals surface area (Å²) in [5, 5.41) is 19.0. The molecule has 22 nitrogen and oxygen atoms in total. The van der Waals surface area contributed by atoms with Crippen molar-refractivity contribution in [1.29, 1.82) is 0 Å². The van der Waals surface area contributed by atoms with Gasteiger partial charge in [0.2, 0.25) is 0 Å². The number of aromatic carboxylic acids is 1. The van der Waals surface area contributed by atoms with Crippen molar-refractivity contribution in [3.63, 3.8) is 0 Å². The highest BCUT2D eigenvalue weighted by atomic mass is 16.6. The van der Waals surface area contributed by atoms with Crippen LogP contribution in [0.15, 0.2) is 183 Å². The highest BCUT2D eigenvalue weighted by molar-refractivity contribution is 6.03. The zero-order valence-electron chi connectivity index (χ0n) is 60.4. The van der Waals surface area contributed by atoms with Crippen LogP contribution < -0.4 is 31.1 Å². The number of nitrogen functional groups attached to an aromatic ring is 1. The maximum absolute atomic E-state index is 13.6. The van der Waals surface area contributed by atoms with Gasteiger partial charge in [-0.2, -0.15) is 0 Å². The molecule has 0 saturated carbocycles. The van der Waals surface area contributed by atoms with Crippen molar-refractivity contribution < 1.29 is 48.1 Å². The quantitative estimate of drug-likeness (QED) is 0.0474. The van der Waals surface area contributed by atoms with E-state index in [9.17, 15) is 28.8 Å². The molecule has 0 spiro atoms. The molecule has 3 amide bonds. The van der Waals surface area contributed by atoms with Crippen LogP contribution in [0.1, 0.15) is 105 Å². The second-order valence-corrected chi connectivity index (χ2v) is 29.0. The van der Waals surface area contributed by atoms with Gasteiger partial charge < -0.3 is 54.9 Å². The summed E-state index contributed by atoms with van der Waals surface area (Å²) in [6.07, 6.45) is 9.35. The number of anilines is 5. The molecule has 3 aliphatic rings. The molecule has 0 bridgehead atoms. The Kier molecular flexibility index (Phi) is 22.8. The van der Waals surface area contributed by atoms with Crippen LogP contribution in [0.5, 0.6) is 0 Å². The van der Waals surface area contributed by atoms with Crippen molar-refractivity contribution >= 4 is 96.8 Å². The van der Waals surface area contributed by atoms with Crippen molar-refractivity contribution in [2.24, 2.45) is 0 Å². The van der Waals surface area contributed by atoms with Crippen LogP contribution in [0, 0.1) is 0 Å². The van der Waals surface area contributed by atoms with Crippen molar-refractivity contribution in [2.75, 3.05) is 104 Å². The second-order valence-electron chi connectivity index (χ2n) is 29.0. The third-order valence-electron chi connectivity index (χ3n) is 17.7. The molecule has 104 heavy (non-hydrogen) atoms. The number of Topliss-reactive ketones (excluding diaryl/α,β-unsaturated/α-hetero) is 2. The van der Waals surface area contributed by atoms with Gasteiger partial charge in [0.15, 0.2) is 11.6 Å². The molecule has 4 aromatic heterocycles. The van der Waals surface area contributed by atoms with Gasteiger partial charge >= 0.3 is 24.2 Å². The second kappa shape index (κ2) is 32.2. The van der Waals surface area contributed by atoms with E-state index in [4.69, 9.17) is 25.1 Å². The maximum atomic E-state index is 13.6. The van der Waals surface area contributed by atoms with E-state index in [1.165, 1.54) is 5.69 Å². The van der Waals surface area contributed by atoms with Crippen molar-refractivity contribution in [1.82, 2.24) is 35.1 Å². The predicted molar refractivity (Wildman–Crippen MR) is 409 cm³/mol. The van der Waals surface area contributed by atoms with E-state index in [1.807, 2.05) is 145 Å². The van der Waals surface area contributed by atoms with Gasteiger partial charge in [-0.05, 0) is 216 Å². The Morgan fingerprint density at radius 1 is 0.442 bits per heavy atom. The number of benzene rings is 6. The third-order valence-corrected chi connectivity index (χ3v) is 17.7. The Balaban J connectivity index is 0.000000163. The summed E-state index contributed by atoms with van der Waals surface area (Å²) in [5.41, 5.74) is 17.3. The predicted octanol–water partition coefficient (Wildman–Crippen LogP) is 14.4. The van der Waals surface area contributed by atoms with Crippen molar-refractivity contribution in [3.8, 4) is 22.3 Å². The van der Waals surface area contributed by atoms with Gasteiger partial charge in [-0.1, -0.05) is 36.4 Å². The normalized spacial score (nSPS) is 14.2. The van der Waals surface area contributed by atoms with Gasteiger partial charge in [0.1, 0.15) is 16.8 Å². The first kappa shape index (κ1) is 73.7. The van der Waals surface area contributed by atoms with E-state index in [1.54, 1.807) is 86.0 Å². The fraction of sp³-hybridized carbons (Fsp3) is 0.317. The van der Waals surface area contributed by atoms with Gasteiger partial charge in [-0.15, -0.1) is 0 Å². The number of nitrogens with zero attached hydrogens (tertiary/aromatic N) is 9. The smallest absolute Gasteiger partial charge is 0.412 e. The molecular weight excluding hydrogens is 1310 g/mol. The fourth-order valence-electron chi connectivity index (χ4n) is 12.4. The number of carbonyl (C=O) groups is 6. The molecule has 3 saturated heterocycles. The summed E-state index contributed by atoms with van der Waals surface area (Å²) in [7, 11) is 0. The molecule has 3 aliphatic heterocycles. The van der Waals surface area contributed by atoms with Crippen molar-refractivity contribution in [3.05, 3.63) is 211 Å². The molecule has 3 fully saturated rings. The van der Waals surface area contributed by atoms with Crippen LogP contribution >= 0.6 is 0 Å². The lowest BCUT2D eigenvalue weighted by molar-refractivity contribution is 0.0230. The van der Waals surface area contributed by atoms with Crippen LogP contribution in [0.3, 0.4) is 0 Å². The number of aromatic nitrogens is 4. The summed E-state index contributed by atoms with van der Waals surface area (Å²) < 4.78 is 16.4. The maximum Gasteiger partial charge on any atom is 0.412 e. The third kappa shape index (κ3) is 19.8. The Bertz CT molecular complexity index is 4760. The van der Waals surface area contributed by atoms with Crippen LogP contribution in [0.4, 0.5) is 42.8 Å². The Morgan fingerprint density at radius 2 is 0.856 bits per heavy atom. The zero-order valence-corrected chi connectivity index (χ0v) is 60.4. The number of hydrogen-bond acceptors (Lipinski definition) is 18. The number of hydrogen-bond donors (Lipinski definition) is 4. The average molecular weight is 1400 g/mol. The molecule has 538 valence electrons. The molecule has 0 atom stereocenters. The summed E-state index contributed by atoms with van der Waals surface area (Å²) in [5.74, 6) is -1.05. The largest absolute Gasteiger partial charge is 0.478 e. The molecule has 13 rings (SSSR count). The van der Waals surface area contributed by atoms with E-state index in [-0.39, 0.29) is 42.2 Å². The van der Waals surface area contributed by atoms with Gasteiger partial charge in [-0.25, -0.2) is 19.2 Å². The molecule has 5 N–H and O–H groups in total. The number of ether oxygens (including phenoxy) is 3.